The molecule has 0 heterocycles. The summed E-state index contributed by atoms with van der Waals surface area (Å²) in [7, 11) is 1.56. The van der Waals surface area contributed by atoms with Gasteiger partial charge in [0.05, 0.1) is 22.9 Å². The summed E-state index contributed by atoms with van der Waals surface area (Å²) < 4.78 is 12.4. The Bertz CT molecular complexity index is 956. The Morgan fingerprint density at radius 3 is 2.43 bits per heavy atom. The van der Waals surface area contributed by atoms with Gasteiger partial charge in [-0.05, 0) is 77.1 Å². The predicted octanol–water partition coefficient (Wildman–Crippen LogP) is 4.05. The van der Waals surface area contributed by atoms with Crippen LogP contribution < -0.4 is 25.6 Å². The molecule has 160 valence electrons. The molecule has 10 heteroatoms. The van der Waals surface area contributed by atoms with Crippen LogP contribution in [-0.2, 0) is 0 Å². The molecule has 0 bridgehead atoms. The van der Waals surface area contributed by atoms with Gasteiger partial charge in [-0.1, -0.05) is 29.8 Å². The van der Waals surface area contributed by atoms with Gasteiger partial charge in [0.15, 0.2) is 5.11 Å². The lowest BCUT2D eigenvalue weighted by molar-refractivity contribution is 0.0933. The van der Waals surface area contributed by atoms with E-state index in [1.54, 1.807) is 43.5 Å². The number of carbonyl (C=O) groups is 2. The zero-order valence-electron chi connectivity index (χ0n) is 16.5. The van der Waals surface area contributed by atoms with Gasteiger partial charge in [-0.2, -0.15) is 0 Å². The van der Waals surface area contributed by atoms with Crippen molar-refractivity contribution in [3.8, 4) is 11.5 Å². The SMILES string of the molecule is COc1ccc(C(=O)NNC(=S)NC(=O)c2cc(Br)ccc2OCC(C)C)cc1I. The van der Waals surface area contributed by atoms with Crippen molar-refractivity contribution >= 4 is 67.7 Å². The first-order chi connectivity index (χ1) is 14.2. The van der Waals surface area contributed by atoms with Crippen LogP contribution >= 0.6 is 50.7 Å². The fourth-order valence-corrected chi connectivity index (χ4v) is 3.50. The number of halogens is 2. The fraction of sp³-hybridized carbons (Fsp3) is 0.250. The van der Waals surface area contributed by atoms with Crippen molar-refractivity contribution in [3.63, 3.8) is 0 Å². The molecule has 0 fully saturated rings. The van der Waals surface area contributed by atoms with Crippen molar-refractivity contribution in [2.24, 2.45) is 5.92 Å². The summed E-state index contributed by atoms with van der Waals surface area (Å²) in [5, 5.41) is 2.48. The molecule has 2 amide bonds. The van der Waals surface area contributed by atoms with Crippen molar-refractivity contribution < 1.29 is 19.1 Å². The van der Waals surface area contributed by atoms with Crippen LogP contribution in [0.25, 0.3) is 0 Å². The highest BCUT2D eigenvalue weighted by atomic mass is 127. The van der Waals surface area contributed by atoms with Gasteiger partial charge < -0.3 is 9.47 Å². The molecule has 0 aliphatic rings. The maximum absolute atomic E-state index is 12.6. The lowest BCUT2D eigenvalue weighted by Crippen LogP contribution is -2.48. The molecule has 0 radical (unpaired) electrons. The number of ether oxygens (including phenoxy) is 2. The van der Waals surface area contributed by atoms with Crippen molar-refractivity contribution in [2.45, 2.75) is 13.8 Å². The Hall–Kier alpha value is -1.92. The number of amides is 2. The molecule has 30 heavy (non-hydrogen) atoms. The third-order valence-corrected chi connectivity index (χ3v) is 5.23. The molecule has 0 aliphatic heterocycles. The number of nitrogens with one attached hydrogen (secondary N) is 3. The molecule has 2 rings (SSSR count). The van der Waals surface area contributed by atoms with Crippen LogP contribution in [-0.4, -0.2) is 30.6 Å². The molecule has 2 aromatic carbocycles. The van der Waals surface area contributed by atoms with Gasteiger partial charge in [-0.3, -0.25) is 25.8 Å². The molecule has 0 spiro atoms. The van der Waals surface area contributed by atoms with E-state index < -0.39 is 11.8 Å². The van der Waals surface area contributed by atoms with Crippen LogP contribution in [0, 0.1) is 9.49 Å². The minimum Gasteiger partial charge on any atom is -0.496 e. The van der Waals surface area contributed by atoms with E-state index >= 15 is 0 Å². The summed E-state index contributed by atoms with van der Waals surface area (Å²) in [6, 6.07) is 10.1. The average molecular weight is 606 g/mol. The van der Waals surface area contributed by atoms with E-state index in [-0.39, 0.29) is 5.11 Å². The third-order valence-electron chi connectivity index (χ3n) is 3.69. The Morgan fingerprint density at radius 1 is 1.10 bits per heavy atom. The molecule has 7 nitrogen and oxygen atoms in total. The van der Waals surface area contributed by atoms with Crippen LogP contribution in [0.4, 0.5) is 0 Å². The average Bonchev–Trinajstić information content (AvgIpc) is 2.70. The zero-order chi connectivity index (χ0) is 22.3. The van der Waals surface area contributed by atoms with Crippen molar-refractivity contribution in [1.29, 1.82) is 0 Å². The van der Waals surface area contributed by atoms with Gasteiger partial charge >= 0.3 is 0 Å². The molecule has 0 unspecified atom stereocenters. The molecule has 0 aliphatic carbocycles. The monoisotopic (exact) mass is 605 g/mol. The number of hydrogen-bond acceptors (Lipinski definition) is 5. The minimum absolute atomic E-state index is 0.0497. The Kier molecular flexibility index (Phi) is 9.31. The van der Waals surface area contributed by atoms with Crippen molar-refractivity contribution in [2.75, 3.05) is 13.7 Å². The summed E-state index contributed by atoms with van der Waals surface area (Å²) >= 11 is 10.5. The normalized spacial score (nSPS) is 10.3. The predicted molar refractivity (Wildman–Crippen MR) is 131 cm³/mol. The van der Waals surface area contributed by atoms with Crippen LogP contribution in [0.1, 0.15) is 34.6 Å². The van der Waals surface area contributed by atoms with Crippen molar-refractivity contribution in [3.05, 3.63) is 55.6 Å². The van der Waals surface area contributed by atoms with Gasteiger partial charge in [-0.15, -0.1) is 0 Å². The van der Waals surface area contributed by atoms with Gasteiger partial charge in [0.2, 0.25) is 0 Å². The summed E-state index contributed by atoms with van der Waals surface area (Å²) in [6.07, 6.45) is 0. The molecule has 0 aromatic heterocycles. The van der Waals surface area contributed by atoms with Crippen LogP contribution in [0.3, 0.4) is 0 Å². The van der Waals surface area contributed by atoms with E-state index in [0.717, 1.165) is 8.04 Å². The van der Waals surface area contributed by atoms with Crippen LogP contribution in [0.15, 0.2) is 40.9 Å². The smallest absolute Gasteiger partial charge is 0.269 e. The highest BCUT2D eigenvalue weighted by molar-refractivity contribution is 14.1. The highest BCUT2D eigenvalue weighted by Crippen LogP contribution is 2.24. The van der Waals surface area contributed by atoms with Gasteiger partial charge in [0.1, 0.15) is 11.5 Å². The maximum atomic E-state index is 12.6. The number of benzene rings is 2. The molecule has 3 N–H and O–H groups in total. The van der Waals surface area contributed by atoms with E-state index in [9.17, 15) is 9.59 Å². The number of hydrazine groups is 1. The summed E-state index contributed by atoms with van der Waals surface area (Å²) in [6.45, 7) is 4.51. The van der Waals surface area contributed by atoms with Gasteiger partial charge in [0, 0.05) is 10.0 Å². The molecular formula is C20H21BrIN3O4S. The first-order valence-corrected chi connectivity index (χ1v) is 11.2. The summed E-state index contributed by atoms with van der Waals surface area (Å²) in [5.74, 6) is 0.566. The van der Waals surface area contributed by atoms with Crippen LogP contribution in [0.2, 0.25) is 0 Å². The number of rotatable bonds is 6. The first-order valence-electron chi connectivity index (χ1n) is 8.88. The Balaban J connectivity index is 1.98. The van der Waals surface area contributed by atoms with Gasteiger partial charge in [0.25, 0.3) is 11.8 Å². The number of hydrogen-bond donors (Lipinski definition) is 3. The molecular weight excluding hydrogens is 585 g/mol. The number of thiocarbonyl (C=S) groups is 1. The van der Waals surface area contributed by atoms with E-state index in [0.29, 0.717) is 35.2 Å². The van der Waals surface area contributed by atoms with E-state index in [1.165, 1.54) is 0 Å². The lowest BCUT2D eigenvalue weighted by atomic mass is 10.2. The first kappa shape index (κ1) is 24.4. The molecule has 0 atom stereocenters. The Morgan fingerprint density at radius 2 is 1.80 bits per heavy atom. The second kappa shape index (κ2) is 11.5. The number of methoxy groups -OCH3 is 1. The van der Waals surface area contributed by atoms with Crippen molar-refractivity contribution in [1.82, 2.24) is 16.2 Å². The molecule has 0 saturated heterocycles. The maximum Gasteiger partial charge on any atom is 0.269 e. The lowest BCUT2D eigenvalue weighted by Gasteiger charge is -2.15. The minimum atomic E-state index is -0.458. The van der Waals surface area contributed by atoms with E-state index in [4.69, 9.17) is 21.7 Å². The second-order valence-electron chi connectivity index (χ2n) is 6.56. The van der Waals surface area contributed by atoms with E-state index in [2.05, 4.69) is 54.7 Å². The number of carbonyl (C=O) groups excluding carboxylic acids is 2. The molecule has 2 aromatic rings. The van der Waals surface area contributed by atoms with E-state index in [1.807, 2.05) is 13.8 Å². The second-order valence-corrected chi connectivity index (χ2v) is 9.04. The largest absolute Gasteiger partial charge is 0.496 e. The Labute approximate surface area is 202 Å². The summed E-state index contributed by atoms with van der Waals surface area (Å²) in [5.41, 5.74) is 5.72. The fourth-order valence-electron chi connectivity index (χ4n) is 2.26. The highest BCUT2D eigenvalue weighted by Gasteiger charge is 2.16. The molecule has 0 saturated carbocycles. The van der Waals surface area contributed by atoms with Crippen LogP contribution in [0.5, 0.6) is 11.5 Å². The standard InChI is InChI=1S/C20H21BrIN3O4S/c1-11(2)10-29-16-7-5-13(21)9-14(16)19(27)23-20(30)25-24-18(26)12-4-6-17(28-3)15(22)8-12/h4-9,11H,10H2,1-3H3,(H,24,26)(H2,23,25,27,30). The topological polar surface area (TPSA) is 88.7 Å². The summed E-state index contributed by atoms with van der Waals surface area (Å²) in [4.78, 5) is 24.9. The quantitative estimate of drug-likeness (QED) is 0.262. The van der Waals surface area contributed by atoms with Gasteiger partial charge in [-0.25, -0.2) is 0 Å². The third kappa shape index (κ3) is 7.10. The zero-order valence-corrected chi connectivity index (χ0v) is 21.1.